The van der Waals surface area contributed by atoms with E-state index in [2.05, 4.69) is 21.2 Å². The highest BCUT2D eigenvalue weighted by Gasteiger charge is 2.15. The number of rotatable bonds is 4. The minimum absolute atomic E-state index is 0.0483. The van der Waals surface area contributed by atoms with Gasteiger partial charge in [0, 0.05) is 0 Å². The molecule has 0 aliphatic heterocycles. The van der Waals surface area contributed by atoms with Crippen molar-refractivity contribution in [1.29, 1.82) is 0 Å². The number of ether oxygens (including phenoxy) is 1. The number of furan rings is 1. The molecule has 1 heterocycles. The Morgan fingerprint density at radius 1 is 1.18 bits per heavy atom. The van der Waals surface area contributed by atoms with Gasteiger partial charge in [-0.1, -0.05) is 12.1 Å². The fraction of sp³-hybridized carbons (Fsp3) is 0.231. The van der Waals surface area contributed by atoms with E-state index in [0.29, 0.717) is 0 Å². The van der Waals surface area contributed by atoms with E-state index < -0.39 is 0 Å². The molecule has 0 aliphatic rings. The van der Waals surface area contributed by atoms with Crippen LogP contribution in [0.3, 0.4) is 0 Å². The lowest BCUT2D eigenvalue weighted by Crippen LogP contribution is -2.16. The molecular weight excluding hydrogens is 282 g/mol. The summed E-state index contributed by atoms with van der Waals surface area (Å²) in [6.45, 7) is 0. The largest absolute Gasteiger partial charge is 0.497 e. The Balaban J connectivity index is 2.28. The molecule has 17 heavy (non-hydrogen) atoms. The quantitative estimate of drug-likeness (QED) is 0.939. The molecule has 90 valence electrons. The van der Waals surface area contributed by atoms with Gasteiger partial charge in [0.25, 0.3) is 0 Å². The van der Waals surface area contributed by atoms with E-state index in [1.54, 1.807) is 7.11 Å². The van der Waals surface area contributed by atoms with Gasteiger partial charge in [-0.05, 0) is 52.8 Å². The van der Waals surface area contributed by atoms with Gasteiger partial charge in [-0.15, -0.1) is 0 Å². The Morgan fingerprint density at radius 2 is 1.88 bits per heavy atom. The van der Waals surface area contributed by atoms with Crippen molar-refractivity contribution in [3.63, 3.8) is 0 Å². The zero-order chi connectivity index (χ0) is 12.3. The van der Waals surface area contributed by atoms with Crippen LogP contribution in [0.25, 0.3) is 0 Å². The number of nitrogens with one attached hydrogen (secondary N) is 1. The fourth-order valence-electron chi connectivity index (χ4n) is 1.75. The van der Waals surface area contributed by atoms with Crippen LogP contribution in [0.1, 0.15) is 17.4 Å². The number of benzene rings is 1. The molecule has 0 saturated carbocycles. The lowest BCUT2D eigenvalue weighted by molar-refractivity contribution is 0.413. The van der Waals surface area contributed by atoms with Crippen LogP contribution in [-0.2, 0) is 0 Å². The van der Waals surface area contributed by atoms with Crippen LogP contribution >= 0.6 is 15.9 Å². The van der Waals surface area contributed by atoms with Crippen LogP contribution in [-0.4, -0.2) is 14.2 Å². The second-order valence-electron chi connectivity index (χ2n) is 3.64. The van der Waals surface area contributed by atoms with Gasteiger partial charge in [0.1, 0.15) is 11.5 Å². The van der Waals surface area contributed by atoms with Gasteiger partial charge in [-0.3, -0.25) is 0 Å². The standard InChI is InChI=1S/C13H14BrNO2/c1-15-13(11-7-8-12(14)17-11)9-3-5-10(16-2)6-4-9/h3-8,13,15H,1-2H3. The average Bonchev–Trinajstić information content (AvgIpc) is 2.78. The average molecular weight is 296 g/mol. The number of hydrogen-bond acceptors (Lipinski definition) is 3. The van der Waals surface area contributed by atoms with Crippen molar-refractivity contribution < 1.29 is 9.15 Å². The number of halogens is 1. The first-order valence-electron chi connectivity index (χ1n) is 5.31. The molecule has 1 N–H and O–H groups in total. The summed E-state index contributed by atoms with van der Waals surface area (Å²) in [4.78, 5) is 0. The lowest BCUT2D eigenvalue weighted by atomic mass is 10.0. The molecule has 2 aromatic rings. The maximum absolute atomic E-state index is 5.57. The minimum Gasteiger partial charge on any atom is -0.497 e. The van der Waals surface area contributed by atoms with Crippen LogP contribution in [0, 0.1) is 0 Å². The topological polar surface area (TPSA) is 34.4 Å². The van der Waals surface area contributed by atoms with E-state index in [1.165, 1.54) is 0 Å². The second kappa shape index (κ2) is 5.38. The zero-order valence-corrected chi connectivity index (χ0v) is 11.3. The van der Waals surface area contributed by atoms with Crippen molar-refractivity contribution in [3.8, 4) is 5.75 Å². The Morgan fingerprint density at radius 3 is 2.35 bits per heavy atom. The molecule has 0 spiro atoms. The van der Waals surface area contributed by atoms with Crippen LogP contribution in [0.15, 0.2) is 45.5 Å². The molecule has 1 atom stereocenters. The summed E-state index contributed by atoms with van der Waals surface area (Å²) in [6.07, 6.45) is 0. The van der Waals surface area contributed by atoms with Crippen LogP contribution in [0.5, 0.6) is 5.75 Å². The Hall–Kier alpha value is -1.26. The predicted octanol–water partition coefficient (Wildman–Crippen LogP) is 3.36. The summed E-state index contributed by atoms with van der Waals surface area (Å²) in [5, 5.41) is 3.23. The van der Waals surface area contributed by atoms with Gasteiger partial charge in [-0.25, -0.2) is 0 Å². The molecule has 0 aliphatic carbocycles. The molecule has 0 saturated heterocycles. The Bertz CT molecular complexity index is 478. The van der Waals surface area contributed by atoms with Gasteiger partial charge in [-0.2, -0.15) is 0 Å². The fourth-order valence-corrected chi connectivity index (χ4v) is 2.07. The zero-order valence-electron chi connectivity index (χ0n) is 9.74. The third-order valence-electron chi connectivity index (χ3n) is 2.62. The second-order valence-corrected chi connectivity index (χ2v) is 4.42. The molecule has 4 heteroatoms. The van der Waals surface area contributed by atoms with Crippen molar-refractivity contribution in [1.82, 2.24) is 5.32 Å². The van der Waals surface area contributed by atoms with E-state index in [0.717, 1.165) is 21.7 Å². The highest BCUT2D eigenvalue weighted by Crippen LogP contribution is 2.26. The van der Waals surface area contributed by atoms with Crippen LogP contribution in [0.4, 0.5) is 0 Å². The van der Waals surface area contributed by atoms with Crippen LogP contribution in [0.2, 0.25) is 0 Å². The molecule has 1 unspecified atom stereocenters. The van der Waals surface area contributed by atoms with Crippen molar-refractivity contribution in [3.05, 3.63) is 52.4 Å². The summed E-state index contributed by atoms with van der Waals surface area (Å²) in [5.74, 6) is 1.73. The van der Waals surface area contributed by atoms with Crippen molar-refractivity contribution in [2.45, 2.75) is 6.04 Å². The smallest absolute Gasteiger partial charge is 0.169 e. The summed E-state index contributed by atoms with van der Waals surface area (Å²) >= 11 is 3.31. The van der Waals surface area contributed by atoms with E-state index in [1.807, 2.05) is 43.4 Å². The molecule has 0 radical (unpaired) electrons. The Labute approximate surface area is 109 Å². The van der Waals surface area contributed by atoms with Crippen LogP contribution < -0.4 is 10.1 Å². The first-order valence-corrected chi connectivity index (χ1v) is 6.10. The lowest BCUT2D eigenvalue weighted by Gasteiger charge is -2.14. The number of hydrogen-bond donors (Lipinski definition) is 1. The van der Waals surface area contributed by atoms with Crippen molar-refractivity contribution in [2.24, 2.45) is 0 Å². The SMILES string of the molecule is CNC(c1ccc(OC)cc1)c1ccc(Br)o1. The molecule has 2 rings (SSSR count). The van der Waals surface area contributed by atoms with Crippen molar-refractivity contribution in [2.75, 3.05) is 14.2 Å². The number of methoxy groups -OCH3 is 1. The molecule has 0 bridgehead atoms. The highest BCUT2D eigenvalue weighted by atomic mass is 79.9. The van der Waals surface area contributed by atoms with Gasteiger partial charge < -0.3 is 14.5 Å². The molecule has 1 aromatic carbocycles. The summed E-state index contributed by atoms with van der Waals surface area (Å²) < 4.78 is 11.4. The monoisotopic (exact) mass is 295 g/mol. The Kier molecular flexibility index (Phi) is 3.86. The van der Waals surface area contributed by atoms with Crippen molar-refractivity contribution >= 4 is 15.9 Å². The van der Waals surface area contributed by atoms with Gasteiger partial charge in [0.15, 0.2) is 4.67 Å². The highest BCUT2D eigenvalue weighted by molar-refractivity contribution is 9.10. The van der Waals surface area contributed by atoms with E-state index in [9.17, 15) is 0 Å². The van der Waals surface area contributed by atoms with Gasteiger partial charge in [0.2, 0.25) is 0 Å². The van der Waals surface area contributed by atoms with E-state index in [4.69, 9.17) is 9.15 Å². The molecular formula is C13H14BrNO2. The summed E-state index contributed by atoms with van der Waals surface area (Å²) in [7, 11) is 3.57. The minimum atomic E-state index is 0.0483. The molecule has 0 fully saturated rings. The maximum atomic E-state index is 5.57. The molecule has 3 nitrogen and oxygen atoms in total. The third-order valence-corrected chi connectivity index (χ3v) is 3.04. The van der Waals surface area contributed by atoms with E-state index >= 15 is 0 Å². The third kappa shape index (κ3) is 2.70. The van der Waals surface area contributed by atoms with E-state index in [-0.39, 0.29) is 6.04 Å². The summed E-state index contributed by atoms with van der Waals surface area (Å²) in [5.41, 5.74) is 1.13. The summed E-state index contributed by atoms with van der Waals surface area (Å²) in [6, 6.07) is 11.8. The molecule has 1 aromatic heterocycles. The van der Waals surface area contributed by atoms with Gasteiger partial charge >= 0.3 is 0 Å². The normalized spacial score (nSPS) is 12.4. The predicted molar refractivity (Wildman–Crippen MR) is 70.3 cm³/mol. The maximum Gasteiger partial charge on any atom is 0.169 e. The first-order chi connectivity index (χ1) is 8.24. The van der Waals surface area contributed by atoms with Gasteiger partial charge in [0.05, 0.1) is 13.2 Å². The molecule has 0 amide bonds. The first kappa shape index (κ1) is 12.2.